The van der Waals surface area contributed by atoms with Crippen molar-refractivity contribution in [1.82, 2.24) is 4.98 Å². The molecule has 1 unspecified atom stereocenters. The smallest absolute Gasteiger partial charge is 0.0349 e. The van der Waals surface area contributed by atoms with Crippen molar-refractivity contribution in [3.8, 4) is 0 Å². The molecule has 0 saturated heterocycles. The van der Waals surface area contributed by atoms with Crippen molar-refractivity contribution in [2.24, 2.45) is 5.73 Å². The SMILES string of the molecule is Cc1ccc(CC(C)N)c2cnccc12. The average molecular weight is 200 g/mol. The van der Waals surface area contributed by atoms with Crippen LogP contribution in [0.1, 0.15) is 18.1 Å². The molecule has 0 amide bonds. The average Bonchev–Trinajstić information content (AvgIpc) is 2.22. The van der Waals surface area contributed by atoms with Gasteiger partial charge >= 0.3 is 0 Å². The van der Waals surface area contributed by atoms with Crippen LogP contribution in [0.25, 0.3) is 10.8 Å². The molecule has 0 bridgehead atoms. The molecule has 0 aliphatic heterocycles. The van der Waals surface area contributed by atoms with Gasteiger partial charge in [0.25, 0.3) is 0 Å². The van der Waals surface area contributed by atoms with Gasteiger partial charge in [-0.05, 0) is 42.8 Å². The van der Waals surface area contributed by atoms with Crippen LogP contribution >= 0.6 is 0 Å². The summed E-state index contributed by atoms with van der Waals surface area (Å²) in [5, 5.41) is 2.51. The van der Waals surface area contributed by atoms with Gasteiger partial charge in [0.15, 0.2) is 0 Å². The summed E-state index contributed by atoms with van der Waals surface area (Å²) in [7, 11) is 0. The monoisotopic (exact) mass is 200 g/mol. The van der Waals surface area contributed by atoms with Crippen molar-refractivity contribution in [1.29, 1.82) is 0 Å². The third kappa shape index (κ3) is 2.00. The highest BCUT2D eigenvalue weighted by Crippen LogP contribution is 2.22. The molecule has 1 heterocycles. The molecule has 0 aliphatic rings. The first-order valence-electron chi connectivity index (χ1n) is 5.26. The Kier molecular flexibility index (Phi) is 2.69. The number of pyridine rings is 1. The Hall–Kier alpha value is -1.41. The second-order valence-electron chi connectivity index (χ2n) is 4.14. The first-order chi connectivity index (χ1) is 7.18. The van der Waals surface area contributed by atoms with Gasteiger partial charge in [-0.15, -0.1) is 0 Å². The van der Waals surface area contributed by atoms with E-state index in [-0.39, 0.29) is 6.04 Å². The lowest BCUT2D eigenvalue weighted by atomic mass is 9.98. The maximum atomic E-state index is 5.83. The van der Waals surface area contributed by atoms with Crippen LogP contribution in [0.4, 0.5) is 0 Å². The van der Waals surface area contributed by atoms with Crippen molar-refractivity contribution in [3.05, 3.63) is 41.7 Å². The summed E-state index contributed by atoms with van der Waals surface area (Å²) in [6.45, 7) is 4.15. The molecule has 2 aromatic rings. The van der Waals surface area contributed by atoms with Gasteiger partial charge in [-0.3, -0.25) is 4.98 Å². The molecular formula is C13H16N2. The molecule has 0 fully saturated rings. The number of aryl methyl sites for hydroxylation is 1. The molecule has 0 radical (unpaired) electrons. The minimum Gasteiger partial charge on any atom is -0.328 e. The van der Waals surface area contributed by atoms with Gasteiger partial charge < -0.3 is 5.73 Å². The molecule has 78 valence electrons. The van der Waals surface area contributed by atoms with E-state index in [9.17, 15) is 0 Å². The van der Waals surface area contributed by atoms with Crippen LogP contribution in [0.2, 0.25) is 0 Å². The summed E-state index contributed by atoms with van der Waals surface area (Å²) in [4.78, 5) is 4.18. The number of hydrogen-bond donors (Lipinski definition) is 1. The zero-order chi connectivity index (χ0) is 10.8. The highest BCUT2D eigenvalue weighted by molar-refractivity contribution is 5.87. The number of nitrogens with zero attached hydrogens (tertiary/aromatic N) is 1. The summed E-state index contributed by atoms with van der Waals surface area (Å²) in [5.74, 6) is 0. The van der Waals surface area contributed by atoms with Crippen LogP contribution in [0.15, 0.2) is 30.6 Å². The fourth-order valence-electron chi connectivity index (χ4n) is 1.92. The van der Waals surface area contributed by atoms with E-state index in [1.54, 1.807) is 0 Å². The molecule has 1 aromatic carbocycles. The van der Waals surface area contributed by atoms with E-state index in [2.05, 4.69) is 30.1 Å². The fraction of sp³-hybridized carbons (Fsp3) is 0.308. The van der Waals surface area contributed by atoms with Crippen molar-refractivity contribution in [2.75, 3.05) is 0 Å². The van der Waals surface area contributed by atoms with E-state index in [4.69, 9.17) is 5.73 Å². The Bertz CT molecular complexity index is 475. The van der Waals surface area contributed by atoms with Gasteiger partial charge in [-0.2, -0.15) is 0 Å². The Balaban J connectivity index is 2.61. The second kappa shape index (κ2) is 3.99. The number of fused-ring (bicyclic) bond motifs is 1. The molecule has 1 aromatic heterocycles. The number of benzene rings is 1. The second-order valence-corrected chi connectivity index (χ2v) is 4.14. The lowest BCUT2D eigenvalue weighted by molar-refractivity contribution is 0.741. The summed E-state index contributed by atoms with van der Waals surface area (Å²) >= 11 is 0. The molecule has 2 rings (SSSR count). The Labute approximate surface area is 90.1 Å². The van der Waals surface area contributed by atoms with Crippen molar-refractivity contribution in [3.63, 3.8) is 0 Å². The molecule has 1 atom stereocenters. The predicted molar refractivity (Wildman–Crippen MR) is 63.8 cm³/mol. The van der Waals surface area contributed by atoms with E-state index >= 15 is 0 Å². The summed E-state index contributed by atoms with van der Waals surface area (Å²) < 4.78 is 0. The third-order valence-electron chi connectivity index (χ3n) is 2.67. The number of hydrogen-bond acceptors (Lipinski definition) is 2. The van der Waals surface area contributed by atoms with Crippen LogP contribution in [0.3, 0.4) is 0 Å². The number of rotatable bonds is 2. The van der Waals surface area contributed by atoms with E-state index in [0.29, 0.717) is 0 Å². The van der Waals surface area contributed by atoms with Crippen molar-refractivity contribution in [2.45, 2.75) is 26.3 Å². The summed E-state index contributed by atoms with van der Waals surface area (Å²) in [6.07, 6.45) is 4.67. The molecule has 0 saturated carbocycles. The molecule has 2 heteroatoms. The lowest BCUT2D eigenvalue weighted by Gasteiger charge is -2.10. The minimum absolute atomic E-state index is 0.191. The molecule has 15 heavy (non-hydrogen) atoms. The van der Waals surface area contributed by atoms with Crippen molar-refractivity contribution < 1.29 is 0 Å². The van der Waals surface area contributed by atoms with Crippen LogP contribution in [-0.4, -0.2) is 11.0 Å². The molecule has 0 aliphatic carbocycles. The normalized spacial score (nSPS) is 13.0. The van der Waals surface area contributed by atoms with Crippen molar-refractivity contribution >= 4 is 10.8 Å². The maximum absolute atomic E-state index is 5.83. The Morgan fingerprint density at radius 3 is 2.80 bits per heavy atom. The van der Waals surface area contributed by atoms with Crippen LogP contribution in [0.5, 0.6) is 0 Å². The first-order valence-corrected chi connectivity index (χ1v) is 5.26. The van der Waals surface area contributed by atoms with Crippen LogP contribution < -0.4 is 5.73 Å². The minimum atomic E-state index is 0.191. The Morgan fingerprint density at radius 1 is 1.27 bits per heavy atom. The lowest BCUT2D eigenvalue weighted by Crippen LogP contribution is -2.17. The van der Waals surface area contributed by atoms with Gasteiger partial charge in [0.05, 0.1) is 0 Å². The molecule has 2 nitrogen and oxygen atoms in total. The third-order valence-corrected chi connectivity index (χ3v) is 2.67. The van der Waals surface area contributed by atoms with Gasteiger partial charge in [-0.1, -0.05) is 12.1 Å². The summed E-state index contributed by atoms with van der Waals surface area (Å²) in [5.41, 5.74) is 8.42. The summed E-state index contributed by atoms with van der Waals surface area (Å²) in [6, 6.07) is 6.56. The first kappa shape index (κ1) is 10.1. The molecule has 0 spiro atoms. The number of aromatic nitrogens is 1. The topological polar surface area (TPSA) is 38.9 Å². The zero-order valence-electron chi connectivity index (χ0n) is 9.20. The fourth-order valence-corrected chi connectivity index (χ4v) is 1.92. The number of nitrogens with two attached hydrogens (primary N) is 1. The van der Waals surface area contributed by atoms with E-state index in [1.165, 1.54) is 21.9 Å². The van der Waals surface area contributed by atoms with Gasteiger partial charge in [0, 0.05) is 23.8 Å². The maximum Gasteiger partial charge on any atom is 0.0349 e. The highest BCUT2D eigenvalue weighted by atomic mass is 14.6. The molecule has 2 N–H and O–H groups in total. The molecular weight excluding hydrogens is 184 g/mol. The van der Waals surface area contributed by atoms with Crippen LogP contribution in [-0.2, 0) is 6.42 Å². The van der Waals surface area contributed by atoms with Gasteiger partial charge in [0.2, 0.25) is 0 Å². The predicted octanol–water partition coefficient (Wildman–Crippen LogP) is 2.43. The van der Waals surface area contributed by atoms with Gasteiger partial charge in [0.1, 0.15) is 0 Å². The quantitative estimate of drug-likeness (QED) is 0.808. The van der Waals surface area contributed by atoms with E-state index in [1.807, 2.05) is 19.3 Å². The van der Waals surface area contributed by atoms with Gasteiger partial charge in [-0.25, -0.2) is 0 Å². The van der Waals surface area contributed by atoms with E-state index < -0.39 is 0 Å². The van der Waals surface area contributed by atoms with E-state index in [0.717, 1.165) is 6.42 Å². The van der Waals surface area contributed by atoms with Crippen LogP contribution in [0, 0.1) is 6.92 Å². The zero-order valence-corrected chi connectivity index (χ0v) is 9.20. The Morgan fingerprint density at radius 2 is 2.07 bits per heavy atom. The highest BCUT2D eigenvalue weighted by Gasteiger charge is 2.05. The standard InChI is InChI=1S/C13H16N2/c1-9-3-4-11(7-10(2)14)13-8-15-6-5-12(9)13/h3-6,8,10H,7,14H2,1-2H3. The largest absolute Gasteiger partial charge is 0.328 e.